The van der Waals surface area contributed by atoms with E-state index in [9.17, 15) is 4.79 Å². The summed E-state index contributed by atoms with van der Waals surface area (Å²) in [4.78, 5) is 11.6. The minimum atomic E-state index is -0.00944. The van der Waals surface area contributed by atoms with Crippen molar-refractivity contribution in [2.24, 2.45) is 14.1 Å². The standard InChI is InChI=1S/C9H11N3O/c1-11-8-6(9(13)12(11)2)4-3-5-7(8)10/h3-5H,10H2,1-2H3. The summed E-state index contributed by atoms with van der Waals surface area (Å²) in [7, 11) is 3.54. The monoisotopic (exact) mass is 177 g/mol. The zero-order valence-electron chi connectivity index (χ0n) is 7.61. The van der Waals surface area contributed by atoms with Crippen LogP contribution >= 0.6 is 0 Å². The number of hydrogen-bond donors (Lipinski definition) is 1. The number of hydrogen-bond acceptors (Lipinski definition) is 2. The fourth-order valence-electron chi connectivity index (χ4n) is 1.56. The summed E-state index contributed by atoms with van der Waals surface area (Å²) in [5.74, 6) is 0. The Kier molecular flexibility index (Phi) is 1.45. The molecule has 0 aliphatic carbocycles. The molecule has 2 aromatic rings. The van der Waals surface area contributed by atoms with E-state index in [0.717, 1.165) is 5.52 Å². The number of benzene rings is 1. The summed E-state index contributed by atoms with van der Waals surface area (Å²) in [5, 5.41) is 0.671. The second-order valence-corrected chi connectivity index (χ2v) is 3.10. The van der Waals surface area contributed by atoms with Gasteiger partial charge in [-0.15, -0.1) is 0 Å². The first-order valence-corrected chi connectivity index (χ1v) is 4.03. The maximum absolute atomic E-state index is 11.6. The Bertz CT molecular complexity index is 521. The molecule has 68 valence electrons. The molecule has 0 radical (unpaired) electrons. The highest BCUT2D eigenvalue weighted by Gasteiger charge is 2.08. The van der Waals surface area contributed by atoms with E-state index in [4.69, 9.17) is 5.73 Å². The van der Waals surface area contributed by atoms with Crippen molar-refractivity contribution < 1.29 is 0 Å². The molecule has 0 saturated carbocycles. The third kappa shape index (κ3) is 0.884. The first-order valence-electron chi connectivity index (χ1n) is 4.03. The van der Waals surface area contributed by atoms with E-state index in [1.165, 1.54) is 0 Å². The van der Waals surface area contributed by atoms with Crippen LogP contribution in [0.15, 0.2) is 23.0 Å². The van der Waals surface area contributed by atoms with Crippen LogP contribution in [0.25, 0.3) is 10.9 Å². The molecule has 0 unspecified atom stereocenters. The summed E-state index contributed by atoms with van der Waals surface area (Å²) < 4.78 is 3.30. The predicted molar refractivity (Wildman–Crippen MR) is 52.6 cm³/mol. The fraction of sp³-hybridized carbons (Fsp3) is 0.222. The third-order valence-electron chi connectivity index (χ3n) is 2.37. The number of aromatic nitrogens is 2. The Morgan fingerprint density at radius 3 is 2.54 bits per heavy atom. The van der Waals surface area contributed by atoms with E-state index < -0.39 is 0 Å². The summed E-state index contributed by atoms with van der Waals surface area (Å²) in [6.45, 7) is 0. The molecule has 1 aromatic carbocycles. The van der Waals surface area contributed by atoms with Crippen molar-refractivity contribution >= 4 is 16.6 Å². The maximum Gasteiger partial charge on any atom is 0.274 e. The summed E-state index contributed by atoms with van der Waals surface area (Å²) in [6.07, 6.45) is 0. The average molecular weight is 177 g/mol. The van der Waals surface area contributed by atoms with Gasteiger partial charge in [-0.3, -0.25) is 14.2 Å². The molecule has 2 rings (SSSR count). The van der Waals surface area contributed by atoms with E-state index >= 15 is 0 Å². The first-order chi connectivity index (χ1) is 6.13. The zero-order valence-corrected chi connectivity index (χ0v) is 7.61. The molecule has 2 N–H and O–H groups in total. The van der Waals surface area contributed by atoms with Gasteiger partial charge in [0.2, 0.25) is 0 Å². The van der Waals surface area contributed by atoms with Crippen LogP contribution in [0.2, 0.25) is 0 Å². The lowest BCUT2D eigenvalue weighted by molar-refractivity contribution is 0.596. The second-order valence-electron chi connectivity index (χ2n) is 3.10. The van der Waals surface area contributed by atoms with Gasteiger partial charge >= 0.3 is 0 Å². The van der Waals surface area contributed by atoms with Gasteiger partial charge in [-0.25, -0.2) is 0 Å². The molecule has 0 aliphatic rings. The van der Waals surface area contributed by atoms with Gasteiger partial charge in [-0.05, 0) is 12.1 Å². The Labute approximate surface area is 75.2 Å². The summed E-state index contributed by atoms with van der Waals surface area (Å²) >= 11 is 0. The molecule has 4 nitrogen and oxygen atoms in total. The molecule has 0 atom stereocenters. The topological polar surface area (TPSA) is 52.9 Å². The van der Waals surface area contributed by atoms with Gasteiger partial charge in [-0.1, -0.05) is 6.07 Å². The Hall–Kier alpha value is -1.71. The molecule has 1 heterocycles. The Balaban J connectivity index is 3.12. The minimum absolute atomic E-state index is 0.00944. The van der Waals surface area contributed by atoms with Crippen LogP contribution < -0.4 is 11.3 Å². The quantitative estimate of drug-likeness (QED) is 0.594. The second kappa shape index (κ2) is 2.39. The lowest BCUT2D eigenvalue weighted by Crippen LogP contribution is -2.16. The lowest BCUT2D eigenvalue weighted by Gasteiger charge is -2.01. The highest BCUT2D eigenvalue weighted by molar-refractivity contribution is 5.89. The molecule has 13 heavy (non-hydrogen) atoms. The van der Waals surface area contributed by atoms with Crippen LogP contribution in [-0.4, -0.2) is 9.36 Å². The molecule has 1 aromatic heterocycles. The van der Waals surface area contributed by atoms with E-state index in [0.29, 0.717) is 11.1 Å². The van der Waals surface area contributed by atoms with E-state index in [1.807, 2.05) is 7.05 Å². The van der Waals surface area contributed by atoms with Crippen molar-refractivity contribution in [2.45, 2.75) is 0 Å². The van der Waals surface area contributed by atoms with E-state index in [-0.39, 0.29) is 5.56 Å². The van der Waals surface area contributed by atoms with Crippen molar-refractivity contribution in [1.29, 1.82) is 0 Å². The molecule has 0 aliphatic heterocycles. The van der Waals surface area contributed by atoms with Crippen LogP contribution in [0.3, 0.4) is 0 Å². The molecule has 0 fully saturated rings. The van der Waals surface area contributed by atoms with Crippen LogP contribution in [0.5, 0.6) is 0 Å². The van der Waals surface area contributed by atoms with Crippen molar-refractivity contribution in [1.82, 2.24) is 9.36 Å². The average Bonchev–Trinajstić information content (AvgIpc) is 2.33. The van der Waals surface area contributed by atoms with Gasteiger partial charge in [0.1, 0.15) is 0 Å². The Morgan fingerprint density at radius 1 is 1.23 bits per heavy atom. The molecular weight excluding hydrogens is 166 g/mol. The highest BCUT2D eigenvalue weighted by atomic mass is 16.1. The zero-order chi connectivity index (χ0) is 9.59. The predicted octanol–water partition coefficient (Wildman–Crippen LogP) is 0.459. The van der Waals surface area contributed by atoms with Crippen molar-refractivity contribution in [3.8, 4) is 0 Å². The fourth-order valence-corrected chi connectivity index (χ4v) is 1.56. The molecule has 0 saturated heterocycles. The molecule has 0 spiro atoms. The number of nitrogen functional groups attached to an aromatic ring is 1. The van der Waals surface area contributed by atoms with Crippen molar-refractivity contribution in [2.75, 3.05) is 5.73 Å². The summed E-state index contributed by atoms with van der Waals surface area (Å²) in [5.41, 5.74) is 7.19. The SMILES string of the molecule is Cn1c(=O)c2cccc(N)c2n1C. The van der Waals surface area contributed by atoms with Gasteiger partial charge in [0, 0.05) is 14.1 Å². The van der Waals surface area contributed by atoms with Crippen LogP contribution in [0.1, 0.15) is 0 Å². The smallest absolute Gasteiger partial charge is 0.274 e. The normalized spacial score (nSPS) is 10.9. The van der Waals surface area contributed by atoms with Gasteiger partial charge in [0.15, 0.2) is 0 Å². The highest BCUT2D eigenvalue weighted by Crippen LogP contribution is 2.16. The molecule has 4 heteroatoms. The third-order valence-corrected chi connectivity index (χ3v) is 2.37. The van der Waals surface area contributed by atoms with Crippen LogP contribution in [0.4, 0.5) is 5.69 Å². The molecule has 0 bridgehead atoms. The van der Waals surface area contributed by atoms with Gasteiger partial charge in [-0.2, -0.15) is 0 Å². The molecular formula is C9H11N3O. The Morgan fingerprint density at radius 2 is 1.92 bits per heavy atom. The number of aryl methyl sites for hydroxylation is 1. The first kappa shape index (κ1) is 7.91. The van der Waals surface area contributed by atoms with Crippen LogP contribution in [0, 0.1) is 0 Å². The van der Waals surface area contributed by atoms with Crippen molar-refractivity contribution in [3.63, 3.8) is 0 Å². The summed E-state index contributed by atoms with van der Waals surface area (Å²) in [6, 6.07) is 5.37. The molecule has 0 amide bonds. The number of nitrogens with zero attached hydrogens (tertiary/aromatic N) is 2. The largest absolute Gasteiger partial charge is 0.397 e. The van der Waals surface area contributed by atoms with Crippen LogP contribution in [-0.2, 0) is 14.1 Å². The number of anilines is 1. The number of rotatable bonds is 0. The lowest BCUT2D eigenvalue weighted by atomic mass is 10.2. The van der Waals surface area contributed by atoms with Gasteiger partial charge < -0.3 is 5.73 Å². The van der Waals surface area contributed by atoms with Gasteiger partial charge in [0.25, 0.3) is 5.56 Å². The number of para-hydroxylation sites is 1. The van der Waals surface area contributed by atoms with Gasteiger partial charge in [0.05, 0.1) is 16.6 Å². The maximum atomic E-state index is 11.6. The van der Waals surface area contributed by atoms with E-state index in [2.05, 4.69) is 0 Å². The number of nitrogens with two attached hydrogens (primary N) is 1. The van der Waals surface area contributed by atoms with E-state index in [1.54, 1.807) is 34.6 Å². The number of fused-ring (bicyclic) bond motifs is 1. The van der Waals surface area contributed by atoms with Crippen molar-refractivity contribution in [3.05, 3.63) is 28.6 Å². The minimum Gasteiger partial charge on any atom is -0.397 e.